The molecule has 0 atom stereocenters. The second-order valence-electron chi connectivity index (χ2n) is 8.88. The molecule has 2 aliphatic heterocycles. The van der Waals surface area contributed by atoms with Crippen LogP contribution in [0.25, 0.3) is 0 Å². The molecular formula is C24H38IN5O2. The summed E-state index contributed by atoms with van der Waals surface area (Å²) in [5, 5.41) is 3.51. The lowest BCUT2D eigenvalue weighted by molar-refractivity contribution is -0.133. The number of benzene rings is 1. The molecule has 0 spiro atoms. The second-order valence-corrected chi connectivity index (χ2v) is 8.88. The Balaban J connectivity index is 0.00000289. The van der Waals surface area contributed by atoms with Crippen LogP contribution in [-0.4, -0.2) is 85.5 Å². The summed E-state index contributed by atoms with van der Waals surface area (Å²) in [5.41, 5.74) is 1.17. The van der Waals surface area contributed by atoms with Gasteiger partial charge in [-0.1, -0.05) is 18.2 Å². The van der Waals surface area contributed by atoms with Gasteiger partial charge >= 0.3 is 0 Å². The van der Waals surface area contributed by atoms with E-state index in [4.69, 9.17) is 4.74 Å². The van der Waals surface area contributed by atoms with Crippen molar-refractivity contribution in [1.82, 2.24) is 20.0 Å². The lowest BCUT2D eigenvalue weighted by Crippen LogP contribution is -2.54. The number of carbonyl (C=O) groups is 1. The number of para-hydroxylation sites is 1. The molecule has 178 valence electrons. The monoisotopic (exact) mass is 555 g/mol. The predicted octanol–water partition coefficient (Wildman–Crippen LogP) is 2.94. The molecule has 2 heterocycles. The van der Waals surface area contributed by atoms with Gasteiger partial charge in [0.2, 0.25) is 5.91 Å². The van der Waals surface area contributed by atoms with E-state index in [2.05, 4.69) is 38.3 Å². The molecule has 32 heavy (non-hydrogen) atoms. The number of guanidine groups is 1. The van der Waals surface area contributed by atoms with Crippen LogP contribution in [0, 0.1) is 0 Å². The fraction of sp³-hybridized carbons (Fsp3) is 0.667. The van der Waals surface area contributed by atoms with Gasteiger partial charge in [-0.3, -0.25) is 14.7 Å². The maximum Gasteiger partial charge on any atom is 0.236 e. The third-order valence-corrected chi connectivity index (χ3v) is 6.71. The van der Waals surface area contributed by atoms with Gasteiger partial charge in [0.05, 0.1) is 12.6 Å². The quantitative estimate of drug-likeness (QED) is 0.333. The number of amides is 1. The molecule has 1 amide bonds. The van der Waals surface area contributed by atoms with Gasteiger partial charge in [-0.2, -0.15) is 0 Å². The average molecular weight is 556 g/mol. The first-order valence-electron chi connectivity index (χ1n) is 11.9. The van der Waals surface area contributed by atoms with Crippen molar-refractivity contribution in [2.24, 2.45) is 4.99 Å². The van der Waals surface area contributed by atoms with Crippen molar-refractivity contribution >= 4 is 35.8 Å². The van der Waals surface area contributed by atoms with E-state index in [0.29, 0.717) is 25.1 Å². The molecule has 1 N–H and O–H groups in total. The second kappa shape index (κ2) is 12.6. The van der Waals surface area contributed by atoms with Crippen molar-refractivity contribution in [1.29, 1.82) is 0 Å². The van der Waals surface area contributed by atoms with Gasteiger partial charge in [-0.25, -0.2) is 0 Å². The molecule has 4 rings (SSSR count). The number of halogens is 1. The van der Waals surface area contributed by atoms with Gasteiger partial charge in [-0.15, -0.1) is 24.0 Å². The summed E-state index contributed by atoms with van der Waals surface area (Å²) in [6.45, 7) is 6.65. The zero-order chi connectivity index (χ0) is 21.5. The van der Waals surface area contributed by atoms with E-state index in [-0.39, 0.29) is 24.0 Å². The average Bonchev–Trinajstić information content (AvgIpc) is 2.79. The normalized spacial score (nSPS) is 20.3. The van der Waals surface area contributed by atoms with E-state index in [1.165, 1.54) is 18.4 Å². The van der Waals surface area contributed by atoms with Gasteiger partial charge < -0.3 is 19.9 Å². The van der Waals surface area contributed by atoms with Gasteiger partial charge in [-0.05, 0) is 44.6 Å². The van der Waals surface area contributed by atoms with Gasteiger partial charge in [0.15, 0.2) is 5.96 Å². The molecule has 3 aliphatic rings. The third-order valence-electron chi connectivity index (χ3n) is 6.71. The zero-order valence-electron chi connectivity index (χ0n) is 19.3. The van der Waals surface area contributed by atoms with Crippen molar-refractivity contribution in [2.45, 2.75) is 51.2 Å². The Kier molecular flexibility index (Phi) is 9.90. The largest absolute Gasteiger partial charge is 0.490 e. The van der Waals surface area contributed by atoms with E-state index < -0.39 is 0 Å². The Bertz CT molecular complexity index is 757. The lowest BCUT2D eigenvalue weighted by Gasteiger charge is -2.37. The van der Waals surface area contributed by atoms with E-state index in [1.54, 1.807) is 0 Å². The fourth-order valence-corrected chi connectivity index (χ4v) is 4.49. The zero-order valence-corrected chi connectivity index (χ0v) is 21.6. The van der Waals surface area contributed by atoms with E-state index in [9.17, 15) is 4.79 Å². The molecule has 0 unspecified atom stereocenters. The maximum absolute atomic E-state index is 12.6. The highest BCUT2D eigenvalue weighted by Crippen LogP contribution is 2.27. The highest BCUT2D eigenvalue weighted by atomic mass is 127. The molecule has 1 aromatic rings. The number of piperazine rings is 1. The van der Waals surface area contributed by atoms with Crippen molar-refractivity contribution in [3.8, 4) is 5.75 Å². The van der Waals surface area contributed by atoms with Crippen LogP contribution in [-0.2, 0) is 11.3 Å². The number of carbonyl (C=O) groups excluding carboxylic acids is 1. The fourth-order valence-electron chi connectivity index (χ4n) is 4.49. The Morgan fingerprint density at radius 3 is 2.38 bits per heavy atom. The molecule has 3 fully saturated rings. The summed E-state index contributed by atoms with van der Waals surface area (Å²) >= 11 is 0. The van der Waals surface area contributed by atoms with Crippen LogP contribution in [0.15, 0.2) is 29.3 Å². The minimum Gasteiger partial charge on any atom is -0.490 e. The summed E-state index contributed by atoms with van der Waals surface area (Å²) in [7, 11) is 1.84. The minimum atomic E-state index is 0. The van der Waals surface area contributed by atoms with Crippen LogP contribution in [0.4, 0.5) is 0 Å². The summed E-state index contributed by atoms with van der Waals surface area (Å²) in [6.07, 6.45) is 7.52. The number of piperidine rings is 1. The van der Waals surface area contributed by atoms with Gasteiger partial charge in [0, 0.05) is 58.4 Å². The number of aliphatic imine (C=N–C) groups is 1. The van der Waals surface area contributed by atoms with Crippen molar-refractivity contribution < 1.29 is 9.53 Å². The third kappa shape index (κ3) is 6.73. The molecule has 0 radical (unpaired) electrons. The first-order chi connectivity index (χ1) is 15.2. The van der Waals surface area contributed by atoms with Crippen LogP contribution >= 0.6 is 24.0 Å². The highest BCUT2D eigenvalue weighted by molar-refractivity contribution is 14.0. The number of hydrogen-bond acceptors (Lipinski definition) is 4. The molecule has 2 saturated heterocycles. The van der Waals surface area contributed by atoms with Crippen LogP contribution in [0.5, 0.6) is 5.75 Å². The maximum atomic E-state index is 12.6. The molecule has 1 aliphatic carbocycles. The Morgan fingerprint density at radius 1 is 1.00 bits per heavy atom. The summed E-state index contributed by atoms with van der Waals surface area (Å²) in [6, 6.07) is 8.29. The first kappa shape index (κ1) is 25.1. The summed E-state index contributed by atoms with van der Waals surface area (Å²) in [4.78, 5) is 23.7. The Labute approximate surface area is 209 Å². The Hall–Kier alpha value is -1.55. The number of nitrogens with one attached hydrogen (secondary N) is 1. The van der Waals surface area contributed by atoms with Crippen LogP contribution < -0.4 is 10.1 Å². The number of rotatable bonds is 6. The topological polar surface area (TPSA) is 60.4 Å². The molecule has 0 aromatic heterocycles. The standard InChI is InChI=1S/C24H37N5O2.HI/c1-25-24(26-18-20-8-3-4-11-22(20)31-21-9-7-10-21)29-16-14-27(15-17-29)19-23(30)28-12-5-2-6-13-28;/h3-4,8,11,21H,2,5-7,9-10,12-19H2,1H3,(H,25,26);1H. The van der Waals surface area contributed by atoms with Crippen LogP contribution in [0.1, 0.15) is 44.1 Å². The van der Waals surface area contributed by atoms with E-state index in [1.807, 2.05) is 18.0 Å². The SMILES string of the molecule is CN=C(NCc1ccccc1OC1CCC1)N1CCN(CC(=O)N2CCCCC2)CC1.I. The number of hydrogen-bond donors (Lipinski definition) is 1. The van der Waals surface area contributed by atoms with Crippen LogP contribution in [0.2, 0.25) is 0 Å². The summed E-state index contributed by atoms with van der Waals surface area (Å²) in [5.74, 6) is 2.19. The van der Waals surface area contributed by atoms with Crippen molar-refractivity contribution in [3.05, 3.63) is 29.8 Å². The van der Waals surface area contributed by atoms with Gasteiger partial charge in [0.25, 0.3) is 0 Å². The molecular weight excluding hydrogens is 517 g/mol. The molecule has 1 saturated carbocycles. The summed E-state index contributed by atoms with van der Waals surface area (Å²) < 4.78 is 6.16. The van der Waals surface area contributed by atoms with Crippen molar-refractivity contribution in [3.63, 3.8) is 0 Å². The molecule has 7 nitrogen and oxygen atoms in total. The number of ether oxygens (including phenoxy) is 1. The van der Waals surface area contributed by atoms with Crippen LogP contribution in [0.3, 0.4) is 0 Å². The molecule has 1 aromatic carbocycles. The minimum absolute atomic E-state index is 0. The molecule has 8 heteroatoms. The first-order valence-corrected chi connectivity index (χ1v) is 11.9. The van der Waals surface area contributed by atoms with Gasteiger partial charge in [0.1, 0.15) is 5.75 Å². The van der Waals surface area contributed by atoms with E-state index >= 15 is 0 Å². The molecule has 0 bridgehead atoms. The smallest absolute Gasteiger partial charge is 0.236 e. The predicted molar refractivity (Wildman–Crippen MR) is 139 cm³/mol. The lowest BCUT2D eigenvalue weighted by atomic mass is 9.96. The van der Waals surface area contributed by atoms with E-state index in [0.717, 1.165) is 76.7 Å². The number of nitrogens with zero attached hydrogens (tertiary/aromatic N) is 4. The van der Waals surface area contributed by atoms with Crippen molar-refractivity contribution in [2.75, 3.05) is 52.9 Å². The highest BCUT2D eigenvalue weighted by Gasteiger charge is 2.24. The Morgan fingerprint density at radius 2 is 1.72 bits per heavy atom. The number of likely N-dealkylation sites (tertiary alicyclic amines) is 1.